The van der Waals surface area contributed by atoms with Gasteiger partial charge in [0.05, 0.1) is 6.10 Å². The van der Waals surface area contributed by atoms with Crippen LogP contribution in [0.25, 0.3) is 0 Å². The SMILES string of the molecule is COC1CCN(CC(C)(CNC(C)C)c2ccccc2)C1. The summed E-state index contributed by atoms with van der Waals surface area (Å²) in [5, 5.41) is 3.63. The number of nitrogens with one attached hydrogen (secondary N) is 1. The maximum Gasteiger partial charge on any atom is 0.0710 e. The van der Waals surface area contributed by atoms with E-state index in [2.05, 4.69) is 61.3 Å². The van der Waals surface area contributed by atoms with Gasteiger partial charge in [-0.1, -0.05) is 51.1 Å². The van der Waals surface area contributed by atoms with Crippen molar-refractivity contribution < 1.29 is 4.74 Å². The van der Waals surface area contributed by atoms with Crippen LogP contribution in [0.15, 0.2) is 30.3 Å². The molecule has 1 aromatic rings. The molecule has 0 aliphatic carbocycles. The van der Waals surface area contributed by atoms with Crippen molar-refractivity contribution in [3.05, 3.63) is 35.9 Å². The molecule has 1 aromatic carbocycles. The van der Waals surface area contributed by atoms with Crippen molar-refractivity contribution in [1.82, 2.24) is 10.2 Å². The minimum Gasteiger partial charge on any atom is -0.380 e. The average molecular weight is 290 g/mol. The summed E-state index contributed by atoms with van der Waals surface area (Å²) < 4.78 is 5.50. The van der Waals surface area contributed by atoms with E-state index in [0.29, 0.717) is 12.1 Å². The molecule has 0 radical (unpaired) electrons. The highest BCUT2D eigenvalue weighted by Gasteiger charge is 2.32. The van der Waals surface area contributed by atoms with Gasteiger partial charge in [-0.2, -0.15) is 0 Å². The molecule has 1 heterocycles. The molecule has 2 unspecified atom stereocenters. The Balaban J connectivity index is 2.08. The zero-order valence-corrected chi connectivity index (χ0v) is 13.9. The fourth-order valence-corrected chi connectivity index (χ4v) is 3.15. The Kier molecular flexibility index (Phi) is 5.80. The first-order valence-electron chi connectivity index (χ1n) is 8.07. The van der Waals surface area contributed by atoms with Crippen molar-refractivity contribution in [1.29, 1.82) is 0 Å². The lowest BCUT2D eigenvalue weighted by molar-refractivity contribution is 0.104. The number of likely N-dealkylation sites (tertiary alicyclic amines) is 1. The minimum atomic E-state index is 0.133. The highest BCUT2D eigenvalue weighted by molar-refractivity contribution is 5.26. The largest absolute Gasteiger partial charge is 0.380 e. The number of benzene rings is 1. The lowest BCUT2D eigenvalue weighted by Crippen LogP contribution is -2.46. The molecule has 0 amide bonds. The Morgan fingerprint density at radius 2 is 2.05 bits per heavy atom. The van der Waals surface area contributed by atoms with E-state index in [0.717, 1.165) is 32.6 Å². The van der Waals surface area contributed by atoms with E-state index < -0.39 is 0 Å². The van der Waals surface area contributed by atoms with Crippen LogP contribution in [0, 0.1) is 0 Å². The van der Waals surface area contributed by atoms with E-state index in [4.69, 9.17) is 4.74 Å². The van der Waals surface area contributed by atoms with Crippen molar-refractivity contribution >= 4 is 0 Å². The van der Waals surface area contributed by atoms with Crippen LogP contribution < -0.4 is 5.32 Å². The van der Waals surface area contributed by atoms with E-state index >= 15 is 0 Å². The molecule has 1 aliphatic rings. The van der Waals surface area contributed by atoms with Gasteiger partial charge in [0, 0.05) is 44.7 Å². The molecule has 0 saturated carbocycles. The van der Waals surface area contributed by atoms with Crippen LogP contribution in [0.1, 0.15) is 32.8 Å². The molecule has 3 heteroatoms. The molecule has 118 valence electrons. The number of rotatable bonds is 7. The predicted molar refractivity (Wildman–Crippen MR) is 88.8 cm³/mol. The van der Waals surface area contributed by atoms with E-state index in [9.17, 15) is 0 Å². The van der Waals surface area contributed by atoms with Crippen molar-refractivity contribution in [2.45, 2.75) is 44.8 Å². The van der Waals surface area contributed by atoms with Gasteiger partial charge in [0.1, 0.15) is 0 Å². The molecule has 0 aromatic heterocycles. The van der Waals surface area contributed by atoms with E-state index in [-0.39, 0.29) is 5.41 Å². The third-order valence-electron chi connectivity index (χ3n) is 4.51. The Morgan fingerprint density at radius 1 is 1.33 bits per heavy atom. The first kappa shape index (κ1) is 16.5. The van der Waals surface area contributed by atoms with Crippen LogP contribution in [0.4, 0.5) is 0 Å². The maximum absolute atomic E-state index is 5.50. The molecule has 1 saturated heterocycles. The Hall–Kier alpha value is -0.900. The van der Waals surface area contributed by atoms with Gasteiger partial charge in [-0.15, -0.1) is 0 Å². The van der Waals surface area contributed by atoms with Gasteiger partial charge in [-0.05, 0) is 12.0 Å². The summed E-state index contributed by atoms with van der Waals surface area (Å²) in [5.41, 5.74) is 1.55. The molecular weight excluding hydrogens is 260 g/mol. The number of hydrogen-bond donors (Lipinski definition) is 1. The molecule has 2 atom stereocenters. The van der Waals surface area contributed by atoms with Crippen molar-refractivity contribution in [3.63, 3.8) is 0 Å². The lowest BCUT2D eigenvalue weighted by Gasteiger charge is -2.35. The van der Waals surface area contributed by atoms with Gasteiger partial charge >= 0.3 is 0 Å². The molecule has 1 N–H and O–H groups in total. The van der Waals surface area contributed by atoms with Crippen LogP contribution in [0.3, 0.4) is 0 Å². The summed E-state index contributed by atoms with van der Waals surface area (Å²) in [6.45, 7) is 11.1. The van der Waals surface area contributed by atoms with Gasteiger partial charge in [0.25, 0.3) is 0 Å². The Morgan fingerprint density at radius 3 is 2.62 bits per heavy atom. The molecule has 21 heavy (non-hydrogen) atoms. The second kappa shape index (κ2) is 7.39. The number of ether oxygens (including phenoxy) is 1. The van der Waals surface area contributed by atoms with E-state index in [1.54, 1.807) is 0 Å². The molecule has 0 spiro atoms. The first-order valence-corrected chi connectivity index (χ1v) is 8.07. The third-order valence-corrected chi connectivity index (χ3v) is 4.51. The zero-order valence-electron chi connectivity index (χ0n) is 13.9. The summed E-state index contributed by atoms with van der Waals surface area (Å²) >= 11 is 0. The van der Waals surface area contributed by atoms with Crippen molar-refractivity contribution in [2.24, 2.45) is 0 Å². The summed E-state index contributed by atoms with van der Waals surface area (Å²) in [7, 11) is 1.82. The quantitative estimate of drug-likeness (QED) is 0.835. The smallest absolute Gasteiger partial charge is 0.0710 e. The van der Waals surface area contributed by atoms with Crippen LogP contribution >= 0.6 is 0 Å². The Labute approximate surface area is 129 Å². The predicted octanol–water partition coefficient (Wildman–Crippen LogP) is 2.66. The highest BCUT2D eigenvalue weighted by Crippen LogP contribution is 2.26. The fourth-order valence-electron chi connectivity index (χ4n) is 3.15. The van der Waals surface area contributed by atoms with Gasteiger partial charge in [0.15, 0.2) is 0 Å². The summed E-state index contributed by atoms with van der Waals surface area (Å²) in [6.07, 6.45) is 1.56. The van der Waals surface area contributed by atoms with Crippen LogP contribution in [0.2, 0.25) is 0 Å². The second-order valence-corrected chi connectivity index (χ2v) is 6.84. The molecular formula is C18H30N2O. The summed E-state index contributed by atoms with van der Waals surface area (Å²) in [6, 6.07) is 11.4. The summed E-state index contributed by atoms with van der Waals surface area (Å²) in [4.78, 5) is 2.54. The standard InChI is InChI=1S/C18H30N2O/c1-15(2)19-13-18(3,16-8-6-5-7-9-16)14-20-11-10-17(12-20)21-4/h5-9,15,17,19H,10-14H2,1-4H3. The maximum atomic E-state index is 5.50. The fraction of sp³-hybridized carbons (Fsp3) is 0.667. The lowest BCUT2D eigenvalue weighted by atomic mass is 9.81. The van der Waals surface area contributed by atoms with E-state index in [1.165, 1.54) is 5.56 Å². The first-order chi connectivity index (χ1) is 10.0. The Bertz CT molecular complexity index is 420. The normalized spacial score (nSPS) is 22.6. The topological polar surface area (TPSA) is 24.5 Å². The van der Waals surface area contributed by atoms with Gasteiger partial charge in [0.2, 0.25) is 0 Å². The molecule has 1 aliphatic heterocycles. The van der Waals surface area contributed by atoms with Gasteiger partial charge < -0.3 is 10.1 Å². The van der Waals surface area contributed by atoms with Crippen LogP contribution in [-0.4, -0.2) is 50.3 Å². The zero-order chi connectivity index (χ0) is 15.3. The number of hydrogen-bond acceptors (Lipinski definition) is 3. The van der Waals surface area contributed by atoms with E-state index in [1.807, 2.05) is 7.11 Å². The molecule has 1 fully saturated rings. The second-order valence-electron chi connectivity index (χ2n) is 6.84. The molecule has 0 bridgehead atoms. The third kappa shape index (κ3) is 4.53. The van der Waals surface area contributed by atoms with Gasteiger partial charge in [-0.25, -0.2) is 0 Å². The molecule has 3 nitrogen and oxygen atoms in total. The molecule has 2 rings (SSSR count). The highest BCUT2D eigenvalue weighted by atomic mass is 16.5. The minimum absolute atomic E-state index is 0.133. The number of methoxy groups -OCH3 is 1. The average Bonchev–Trinajstić information content (AvgIpc) is 2.93. The van der Waals surface area contributed by atoms with Crippen molar-refractivity contribution in [2.75, 3.05) is 33.3 Å². The number of nitrogens with zero attached hydrogens (tertiary/aromatic N) is 1. The van der Waals surface area contributed by atoms with Crippen molar-refractivity contribution in [3.8, 4) is 0 Å². The van der Waals surface area contributed by atoms with Gasteiger partial charge in [-0.3, -0.25) is 4.90 Å². The van der Waals surface area contributed by atoms with Crippen LogP contribution in [0.5, 0.6) is 0 Å². The summed E-state index contributed by atoms with van der Waals surface area (Å²) in [5.74, 6) is 0. The van der Waals surface area contributed by atoms with Crippen LogP contribution in [-0.2, 0) is 10.2 Å². The monoisotopic (exact) mass is 290 g/mol.